The summed E-state index contributed by atoms with van der Waals surface area (Å²) in [5.74, 6) is 0.118. The molecule has 0 saturated heterocycles. The maximum atomic E-state index is 11.7. The van der Waals surface area contributed by atoms with E-state index in [1.54, 1.807) is 18.2 Å². The molecule has 1 aromatic rings. The second kappa shape index (κ2) is 4.46. The maximum Gasteiger partial charge on any atom is 0.301 e. The smallest absolute Gasteiger partial charge is 0.301 e. The summed E-state index contributed by atoms with van der Waals surface area (Å²) in [4.78, 5) is 11.3. The number of rotatable bonds is 3. The van der Waals surface area contributed by atoms with Crippen LogP contribution in [0.1, 0.15) is 0 Å². The van der Waals surface area contributed by atoms with Crippen LogP contribution in [0.5, 0.6) is 5.75 Å². The Morgan fingerprint density at radius 2 is 2.11 bits per heavy atom. The quantitative estimate of drug-likeness (QED) is 0.824. The lowest BCUT2D eigenvalue weighted by atomic mass is 10.2. The number of ether oxygens (including phenoxy) is 1. The summed E-state index contributed by atoms with van der Waals surface area (Å²) in [5, 5.41) is 2.58. The fourth-order valence-electron chi connectivity index (χ4n) is 1.41. The molecule has 1 aliphatic rings. The van der Waals surface area contributed by atoms with Gasteiger partial charge in [0.25, 0.3) is 5.91 Å². The molecule has 7 nitrogen and oxygen atoms in total. The number of carbonyl (C=O) groups is 1. The van der Waals surface area contributed by atoms with Crippen molar-refractivity contribution in [3.05, 3.63) is 18.2 Å². The molecule has 0 aliphatic carbocycles. The molecule has 2 rings (SSSR count). The van der Waals surface area contributed by atoms with Crippen LogP contribution in [0, 0.1) is 0 Å². The minimum absolute atomic E-state index is 0.0725. The highest BCUT2D eigenvalue weighted by atomic mass is 32.2. The average molecular weight is 271 g/mol. The SMILES string of the molecule is CN(C)S(=O)(=O)Nc1cccc2c1NC(=O)CO2. The topological polar surface area (TPSA) is 87.7 Å². The number of fused-ring (bicyclic) bond motifs is 1. The van der Waals surface area contributed by atoms with Gasteiger partial charge in [0.1, 0.15) is 11.4 Å². The monoisotopic (exact) mass is 271 g/mol. The number of hydrogen-bond donors (Lipinski definition) is 2. The highest BCUT2D eigenvalue weighted by Crippen LogP contribution is 2.35. The average Bonchev–Trinajstić information content (AvgIpc) is 2.29. The molecule has 0 spiro atoms. The maximum absolute atomic E-state index is 11.7. The van der Waals surface area contributed by atoms with E-state index in [1.165, 1.54) is 14.1 Å². The normalized spacial score (nSPS) is 14.7. The Kier molecular flexibility index (Phi) is 3.14. The van der Waals surface area contributed by atoms with Crippen molar-refractivity contribution in [2.75, 3.05) is 30.7 Å². The number of nitrogens with zero attached hydrogens (tertiary/aromatic N) is 1. The highest BCUT2D eigenvalue weighted by Gasteiger charge is 2.22. The van der Waals surface area contributed by atoms with Gasteiger partial charge in [-0.2, -0.15) is 12.7 Å². The van der Waals surface area contributed by atoms with Crippen molar-refractivity contribution in [1.29, 1.82) is 0 Å². The van der Waals surface area contributed by atoms with Gasteiger partial charge in [-0.15, -0.1) is 0 Å². The van der Waals surface area contributed by atoms with E-state index in [0.29, 0.717) is 11.4 Å². The summed E-state index contributed by atoms with van der Waals surface area (Å²) in [6.45, 7) is -0.0725. The van der Waals surface area contributed by atoms with E-state index in [0.717, 1.165) is 4.31 Å². The predicted octanol–water partition coefficient (Wildman–Crippen LogP) is 0.236. The summed E-state index contributed by atoms with van der Waals surface area (Å²) in [6, 6.07) is 4.85. The summed E-state index contributed by atoms with van der Waals surface area (Å²) in [6.07, 6.45) is 0. The van der Waals surface area contributed by atoms with Crippen molar-refractivity contribution in [3.8, 4) is 5.75 Å². The van der Waals surface area contributed by atoms with E-state index in [9.17, 15) is 13.2 Å². The number of anilines is 2. The van der Waals surface area contributed by atoms with Crippen LogP contribution in [-0.2, 0) is 15.0 Å². The van der Waals surface area contributed by atoms with Gasteiger partial charge in [0, 0.05) is 14.1 Å². The van der Waals surface area contributed by atoms with Gasteiger partial charge in [0.15, 0.2) is 6.61 Å². The Morgan fingerprint density at radius 3 is 2.78 bits per heavy atom. The van der Waals surface area contributed by atoms with E-state index in [-0.39, 0.29) is 18.2 Å². The van der Waals surface area contributed by atoms with Gasteiger partial charge in [0.2, 0.25) is 0 Å². The molecular weight excluding hydrogens is 258 g/mol. The molecule has 1 heterocycles. The second-order valence-electron chi connectivity index (χ2n) is 3.91. The first-order valence-corrected chi connectivity index (χ1v) is 6.60. The molecule has 2 N–H and O–H groups in total. The van der Waals surface area contributed by atoms with Crippen LogP contribution < -0.4 is 14.8 Å². The first-order chi connectivity index (χ1) is 8.40. The third-order valence-corrected chi connectivity index (χ3v) is 3.81. The molecule has 1 amide bonds. The van der Waals surface area contributed by atoms with Gasteiger partial charge in [-0.25, -0.2) is 0 Å². The Morgan fingerprint density at radius 1 is 1.39 bits per heavy atom. The van der Waals surface area contributed by atoms with Gasteiger partial charge in [-0.3, -0.25) is 9.52 Å². The largest absolute Gasteiger partial charge is 0.481 e. The summed E-state index contributed by atoms with van der Waals surface area (Å²) < 4.78 is 32.1. The van der Waals surface area contributed by atoms with Gasteiger partial charge in [-0.1, -0.05) is 6.07 Å². The predicted molar refractivity (Wildman–Crippen MR) is 66.8 cm³/mol. The number of para-hydroxylation sites is 1. The minimum Gasteiger partial charge on any atom is -0.481 e. The van der Waals surface area contributed by atoms with Crippen molar-refractivity contribution in [3.63, 3.8) is 0 Å². The molecule has 1 aliphatic heterocycles. The van der Waals surface area contributed by atoms with E-state index in [4.69, 9.17) is 4.74 Å². The minimum atomic E-state index is -3.63. The molecule has 0 saturated carbocycles. The van der Waals surface area contributed by atoms with Crippen LogP contribution in [0.25, 0.3) is 0 Å². The lowest BCUT2D eigenvalue weighted by Gasteiger charge is -2.22. The molecule has 8 heteroatoms. The zero-order valence-corrected chi connectivity index (χ0v) is 10.7. The fraction of sp³-hybridized carbons (Fsp3) is 0.300. The van der Waals surface area contributed by atoms with Crippen molar-refractivity contribution in [2.24, 2.45) is 0 Å². The Balaban J connectivity index is 2.38. The van der Waals surface area contributed by atoms with Gasteiger partial charge >= 0.3 is 10.2 Å². The van der Waals surface area contributed by atoms with Crippen LogP contribution in [0.15, 0.2) is 18.2 Å². The van der Waals surface area contributed by atoms with Crippen molar-refractivity contribution < 1.29 is 17.9 Å². The summed E-state index contributed by atoms with van der Waals surface area (Å²) in [7, 11) is -0.807. The van der Waals surface area contributed by atoms with E-state index >= 15 is 0 Å². The summed E-state index contributed by atoms with van der Waals surface area (Å²) >= 11 is 0. The number of nitrogens with one attached hydrogen (secondary N) is 2. The first kappa shape index (κ1) is 12.7. The van der Waals surface area contributed by atoms with Crippen LogP contribution in [-0.4, -0.2) is 39.3 Å². The second-order valence-corrected chi connectivity index (χ2v) is 5.79. The fourth-order valence-corrected chi connectivity index (χ4v) is 2.05. The van der Waals surface area contributed by atoms with Gasteiger partial charge in [0.05, 0.1) is 5.69 Å². The van der Waals surface area contributed by atoms with Gasteiger partial charge < -0.3 is 10.1 Å². The Hall–Kier alpha value is -1.80. The van der Waals surface area contributed by atoms with Gasteiger partial charge in [-0.05, 0) is 12.1 Å². The number of amides is 1. The molecule has 0 aromatic heterocycles. The van der Waals surface area contributed by atoms with Crippen LogP contribution in [0.2, 0.25) is 0 Å². The molecular formula is C10H13N3O4S. The number of benzene rings is 1. The van der Waals surface area contributed by atoms with Crippen molar-refractivity contribution in [1.82, 2.24) is 4.31 Å². The molecule has 0 radical (unpaired) electrons. The van der Waals surface area contributed by atoms with E-state index in [2.05, 4.69) is 10.0 Å². The zero-order valence-electron chi connectivity index (χ0n) is 9.93. The molecule has 18 heavy (non-hydrogen) atoms. The molecule has 0 fully saturated rings. The highest BCUT2D eigenvalue weighted by molar-refractivity contribution is 7.90. The summed E-state index contributed by atoms with van der Waals surface area (Å²) in [5.41, 5.74) is 0.605. The molecule has 1 aromatic carbocycles. The number of hydrogen-bond acceptors (Lipinski definition) is 4. The van der Waals surface area contributed by atoms with Crippen LogP contribution in [0.3, 0.4) is 0 Å². The van der Waals surface area contributed by atoms with Crippen molar-refractivity contribution >= 4 is 27.5 Å². The lowest BCUT2D eigenvalue weighted by molar-refractivity contribution is -0.118. The van der Waals surface area contributed by atoms with Crippen molar-refractivity contribution in [2.45, 2.75) is 0 Å². The first-order valence-electron chi connectivity index (χ1n) is 5.16. The van der Waals surface area contributed by atoms with E-state index < -0.39 is 10.2 Å². The molecule has 0 unspecified atom stereocenters. The number of carbonyl (C=O) groups excluding carboxylic acids is 1. The van der Waals surface area contributed by atoms with Crippen LogP contribution in [0.4, 0.5) is 11.4 Å². The molecule has 0 bridgehead atoms. The standard InChI is InChI=1S/C10H13N3O4S/c1-13(2)18(15,16)12-7-4-3-5-8-10(7)11-9(14)6-17-8/h3-5,12H,6H2,1-2H3,(H,11,14). The third-order valence-electron chi connectivity index (χ3n) is 2.37. The Bertz CT molecular complexity index is 583. The van der Waals surface area contributed by atoms with E-state index in [1.807, 2.05) is 0 Å². The third kappa shape index (κ3) is 2.39. The van der Waals surface area contributed by atoms with Crippen LogP contribution >= 0.6 is 0 Å². The lowest BCUT2D eigenvalue weighted by Crippen LogP contribution is -2.31. The Labute approximate surface area is 105 Å². The molecule has 0 atom stereocenters. The zero-order chi connectivity index (χ0) is 13.3. The molecule has 98 valence electrons.